The summed E-state index contributed by atoms with van der Waals surface area (Å²) in [5, 5.41) is 21.6. The summed E-state index contributed by atoms with van der Waals surface area (Å²) < 4.78 is 13.4. The Kier molecular flexibility index (Phi) is 7.10. The third-order valence-electron chi connectivity index (χ3n) is 8.52. The Morgan fingerprint density at radius 2 is 1.94 bits per heavy atom. The van der Waals surface area contributed by atoms with Crippen LogP contribution in [0.4, 0.5) is 0 Å². The smallest absolute Gasteiger partial charge is 0.322 e. The molecule has 0 aromatic rings. The maximum atomic E-state index is 13.6. The number of carboxylic acid groups (broad SMARTS) is 1. The van der Waals surface area contributed by atoms with Crippen molar-refractivity contribution < 1.29 is 14.1 Å². The van der Waals surface area contributed by atoms with Crippen LogP contribution in [0.1, 0.15) is 90.4 Å². The van der Waals surface area contributed by atoms with E-state index in [9.17, 15) is 19.4 Å². The Morgan fingerprint density at radius 3 is 2.58 bits per heavy atom. The van der Waals surface area contributed by atoms with Crippen LogP contribution in [0.15, 0.2) is 0 Å². The average Bonchev–Trinajstić information content (AvgIpc) is 3.17. The first-order valence-corrected chi connectivity index (χ1v) is 13.8. The van der Waals surface area contributed by atoms with Gasteiger partial charge in [0.2, 0.25) is 0 Å². The summed E-state index contributed by atoms with van der Waals surface area (Å²) >= 11 is 0. The molecule has 5 aliphatic rings. The number of carboxylic acids is 1. The van der Waals surface area contributed by atoms with Gasteiger partial charge in [-0.2, -0.15) is 5.26 Å². The van der Waals surface area contributed by atoms with E-state index >= 15 is 0 Å². The molecule has 1 heterocycles. The van der Waals surface area contributed by atoms with Gasteiger partial charge in [-0.25, -0.2) is 10.4 Å². The van der Waals surface area contributed by atoms with Gasteiger partial charge in [-0.05, 0) is 75.0 Å². The van der Waals surface area contributed by atoms with Crippen molar-refractivity contribution in [2.75, 3.05) is 12.3 Å². The lowest BCUT2D eigenvalue weighted by Crippen LogP contribution is -2.66. The highest BCUT2D eigenvalue weighted by molar-refractivity contribution is 7.86. The van der Waals surface area contributed by atoms with Crippen LogP contribution in [0, 0.1) is 28.6 Å². The molecule has 4 saturated carbocycles. The fourth-order valence-electron chi connectivity index (χ4n) is 7.58. The third-order valence-corrected chi connectivity index (χ3v) is 10.6. The van der Waals surface area contributed by atoms with E-state index < -0.39 is 22.8 Å². The molecule has 0 amide bonds. The number of hydrogen-bond acceptors (Lipinski definition) is 5. The molecule has 1 saturated heterocycles. The van der Waals surface area contributed by atoms with Crippen LogP contribution in [0.3, 0.4) is 0 Å². The highest BCUT2D eigenvalue weighted by atomic mass is 32.2. The fourth-order valence-corrected chi connectivity index (χ4v) is 9.77. The Balaban J connectivity index is 1.50. The molecule has 0 spiro atoms. The number of nitrogens with zero attached hydrogens (tertiary/aromatic N) is 2. The van der Waals surface area contributed by atoms with Gasteiger partial charge in [0.15, 0.2) is 0 Å². The molecule has 5 atom stereocenters. The molecular formula is C24H39N3O3S. The van der Waals surface area contributed by atoms with Gasteiger partial charge < -0.3 is 5.11 Å². The second kappa shape index (κ2) is 9.49. The summed E-state index contributed by atoms with van der Waals surface area (Å²) in [6.45, 7) is 2.93. The number of rotatable bonds is 11. The zero-order chi connectivity index (χ0) is 22.1. The molecule has 7 heteroatoms. The molecule has 4 aliphatic carbocycles. The minimum atomic E-state index is -0.885. The van der Waals surface area contributed by atoms with Gasteiger partial charge in [-0.15, -0.1) is 0 Å². The van der Waals surface area contributed by atoms with E-state index in [1.54, 1.807) is 0 Å². The molecule has 0 aromatic heterocycles. The van der Waals surface area contributed by atoms with Crippen molar-refractivity contribution in [1.29, 1.82) is 5.26 Å². The van der Waals surface area contributed by atoms with E-state index in [0.717, 1.165) is 70.1 Å². The Bertz CT molecular complexity index is 722. The summed E-state index contributed by atoms with van der Waals surface area (Å²) in [5.41, 5.74) is 2.97. The number of nitriles is 1. The van der Waals surface area contributed by atoms with Gasteiger partial charge in [0, 0.05) is 27.8 Å². The highest BCUT2D eigenvalue weighted by Gasteiger charge is 2.63. The lowest BCUT2D eigenvalue weighted by molar-refractivity contribution is -0.154. The summed E-state index contributed by atoms with van der Waals surface area (Å²) in [7, 11) is -0.885. The van der Waals surface area contributed by atoms with Crippen molar-refractivity contribution in [3.05, 3.63) is 0 Å². The minimum Gasteiger partial charge on any atom is -0.480 e. The van der Waals surface area contributed by atoms with Crippen molar-refractivity contribution >= 4 is 16.8 Å². The van der Waals surface area contributed by atoms with Crippen LogP contribution in [-0.4, -0.2) is 49.4 Å². The number of hydrogen-bond donors (Lipinski definition) is 2. The predicted molar refractivity (Wildman–Crippen MR) is 122 cm³/mol. The van der Waals surface area contributed by atoms with Gasteiger partial charge in [0.1, 0.15) is 12.1 Å². The van der Waals surface area contributed by atoms with E-state index in [-0.39, 0.29) is 16.2 Å². The molecule has 6 nitrogen and oxygen atoms in total. The number of nitrogens with one attached hydrogen (secondary N) is 1. The second-order valence-electron chi connectivity index (χ2n) is 10.9. The van der Waals surface area contributed by atoms with E-state index in [1.807, 2.05) is 5.01 Å². The van der Waals surface area contributed by atoms with Crippen LogP contribution in [0.5, 0.6) is 0 Å². The molecule has 4 bridgehead atoms. The van der Waals surface area contributed by atoms with E-state index in [4.69, 9.17) is 0 Å². The zero-order valence-electron chi connectivity index (χ0n) is 19.0. The zero-order valence-corrected chi connectivity index (χ0v) is 19.8. The summed E-state index contributed by atoms with van der Waals surface area (Å²) in [6.07, 6.45) is 13.4. The van der Waals surface area contributed by atoms with Crippen LogP contribution in [0.25, 0.3) is 0 Å². The first-order valence-electron chi connectivity index (χ1n) is 12.4. The van der Waals surface area contributed by atoms with E-state index in [1.165, 1.54) is 25.7 Å². The number of hydrazine groups is 1. The van der Waals surface area contributed by atoms with Gasteiger partial charge in [0.25, 0.3) is 0 Å². The molecule has 2 unspecified atom stereocenters. The normalized spacial score (nSPS) is 38.8. The molecule has 5 rings (SSSR count). The topological polar surface area (TPSA) is 93.4 Å². The number of aliphatic carboxylic acids is 1. The van der Waals surface area contributed by atoms with Crippen molar-refractivity contribution in [2.45, 2.75) is 107 Å². The molecule has 0 radical (unpaired) electrons. The van der Waals surface area contributed by atoms with Gasteiger partial charge >= 0.3 is 5.97 Å². The van der Waals surface area contributed by atoms with Crippen molar-refractivity contribution in [3.63, 3.8) is 0 Å². The number of carbonyl (C=O) groups is 1. The summed E-state index contributed by atoms with van der Waals surface area (Å²) in [5.74, 6) is 0.956. The maximum absolute atomic E-state index is 13.6. The van der Waals surface area contributed by atoms with Crippen LogP contribution in [-0.2, 0) is 15.6 Å². The highest BCUT2D eigenvalue weighted by Crippen LogP contribution is 2.64. The molecular weight excluding hydrogens is 410 g/mol. The van der Waals surface area contributed by atoms with Crippen LogP contribution >= 0.6 is 0 Å². The lowest BCUT2D eigenvalue weighted by atomic mass is 9.47. The SMILES string of the molecule is CCCCCCCS(=O)C12C[C@H]3C[C@@H](CC([C@H](NN4CCCC4C#N)C(=O)O)(C3)C1)C2. The molecule has 5 fully saturated rings. The van der Waals surface area contributed by atoms with Gasteiger partial charge in [0.05, 0.1) is 6.07 Å². The van der Waals surface area contributed by atoms with Gasteiger partial charge in [-0.3, -0.25) is 9.00 Å². The fraction of sp³-hybridized carbons (Fsp3) is 0.917. The first kappa shape index (κ1) is 23.2. The molecule has 0 aromatic carbocycles. The monoisotopic (exact) mass is 449 g/mol. The second-order valence-corrected chi connectivity index (χ2v) is 12.8. The number of unbranched alkanes of at least 4 members (excludes halogenated alkanes) is 4. The third kappa shape index (κ3) is 4.58. The molecule has 31 heavy (non-hydrogen) atoms. The van der Waals surface area contributed by atoms with Crippen molar-refractivity contribution in [1.82, 2.24) is 10.4 Å². The molecule has 2 N–H and O–H groups in total. The quantitative estimate of drug-likeness (QED) is 0.463. The molecule has 174 valence electrons. The van der Waals surface area contributed by atoms with E-state index in [2.05, 4.69) is 18.4 Å². The Morgan fingerprint density at radius 1 is 1.23 bits per heavy atom. The largest absolute Gasteiger partial charge is 0.480 e. The minimum absolute atomic E-state index is 0.191. The lowest BCUT2D eigenvalue weighted by Gasteiger charge is -2.63. The van der Waals surface area contributed by atoms with E-state index in [0.29, 0.717) is 11.8 Å². The van der Waals surface area contributed by atoms with Crippen LogP contribution < -0.4 is 5.43 Å². The Hall–Kier alpha value is -0.970. The maximum Gasteiger partial charge on any atom is 0.322 e. The first-order chi connectivity index (χ1) is 14.9. The predicted octanol–water partition coefficient (Wildman–Crippen LogP) is 3.99. The van der Waals surface area contributed by atoms with Crippen LogP contribution in [0.2, 0.25) is 0 Å². The average molecular weight is 450 g/mol. The summed E-state index contributed by atoms with van der Waals surface area (Å²) in [4.78, 5) is 12.5. The van der Waals surface area contributed by atoms with Crippen molar-refractivity contribution in [3.8, 4) is 6.07 Å². The summed E-state index contributed by atoms with van der Waals surface area (Å²) in [6, 6.07) is 1.38. The Labute approximate surface area is 189 Å². The molecule has 1 aliphatic heterocycles. The van der Waals surface area contributed by atoms with Crippen molar-refractivity contribution in [2.24, 2.45) is 17.3 Å². The standard InChI is InChI=1S/C24H39N3O3S/c1-2-3-4-5-6-10-31(30)24-14-18-11-19(15-24)13-23(12-18,17-24)21(22(28)29)26-27-9-7-8-20(27)16-25/h18-21,26H,2-15,17H2,1H3,(H,28,29)/t18-,19-,20?,21+,23?,24?,31?/m0/s1. The van der Waals surface area contributed by atoms with Gasteiger partial charge in [-0.1, -0.05) is 32.6 Å².